The number of urea groups is 1. The lowest BCUT2D eigenvalue weighted by molar-refractivity contribution is -0.146. The lowest BCUT2D eigenvalue weighted by Gasteiger charge is -2.30. The number of halogens is 1. The van der Waals surface area contributed by atoms with Crippen LogP contribution < -0.4 is 26.6 Å². The number of aromatic nitrogens is 4. The number of amides is 2. The Morgan fingerprint density at radius 3 is 2.42 bits per heavy atom. The molecule has 2 aliphatic carbocycles. The summed E-state index contributed by atoms with van der Waals surface area (Å²) in [6.07, 6.45) is 7.84. The van der Waals surface area contributed by atoms with Crippen molar-refractivity contribution in [2.45, 2.75) is 95.3 Å². The minimum Gasteiger partial charge on any atom is -0.467 e. The number of fused-ring (bicyclic) bond motifs is 1. The van der Waals surface area contributed by atoms with Gasteiger partial charge in [0.15, 0.2) is 23.7 Å². The summed E-state index contributed by atoms with van der Waals surface area (Å²) in [7, 11) is 1.27. The summed E-state index contributed by atoms with van der Waals surface area (Å²) in [5.74, 6) is -0.561. The maximum Gasteiger partial charge on any atom is 0.330 e. The Bertz CT molecular complexity index is 1480. The first kappa shape index (κ1) is 32.2. The van der Waals surface area contributed by atoms with Gasteiger partial charge in [-0.25, -0.2) is 23.5 Å². The molecule has 5 rings (SSSR count). The van der Waals surface area contributed by atoms with Crippen LogP contribution in [-0.2, 0) is 14.3 Å². The molecule has 0 aliphatic heterocycles. The van der Waals surface area contributed by atoms with E-state index in [1.54, 1.807) is 4.52 Å². The summed E-state index contributed by atoms with van der Waals surface area (Å²) in [4.78, 5) is 33.1. The smallest absolute Gasteiger partial charge is 0.330 e. The number of methoxy groups -OCH3 is 1. The van der Waals surface area contributed by atoms with Gasteiger partial charge >= 0.3 is 12.0 Å². The molecule has 6 N–H and O–H groups in total. The van der Waals surface area contributed by atoms with E-state index in [0.717, 1.165) is 50.4 Å². The number of ether oxygens (including phenoxy) is 2. The van der Waals surface area contributed by atoms with Crippen LogP contribution in [0.3, 0.4) is 0 Å². The Kier molecular flexibility index (Phi) is 9.87. The van der Waals surface area contributed by atoms with Gasteiger partial charge < -0.3 is 41.2 Å². The Morgan fingerprint density at radius 2 is 1.76 bits per heavy atom. The quantitative estimate of drug-likeness (QED) is 0.128. The molecule has 3 aromatic heterocycles. The van der Waals surface area contributed by atoms with Crippen molar-refractivity contribution in [2.24, 2.45) is 0 Å². The minimum atomic E-state index is -1.28. The molecule has 0 radical (unpaired) electrons. The number of nitrogens with one attached hydrogen (secondary N) is 5. The fourth-order valence-corrected chi connectivity index (χ4v) is 5.13. The topological polar surface area (TPSA) is 176 Å². The van der Waals surface area contributed by atoms with Gasteiger partial charge in [0.05, 0.1) is 43.1 Å². The van der Waals surface area contributed by atoms with Crippen molar-refractivity contribution in [3.63, 3.8) is 0 Å². The molecule has 3 heterocycles. The zero-order valence-electron chi connectivity index (χ0n) is 26.0. The molecule has 244 valence electrons. The lowest BCUT2D eigenvalue weighted by Crippen LogP contribution is -2.52. The predicted molar refractivity (Wildman–Crippen MR) is 165 cm³/mol. The second kappa shape index (κ2) is 13.8. The van der Waals surface area contributed by atoms with Crippen molar-refractivity contribution in [2.75, 3.05) is 29.7 Å². The molecule has 2 atom stereocenters. The van der Waals surface area contributed by atoms with Gasteiger partial charge in [-0.05, 0) is 65.4 Å². The molecule has 15 heteroatoms. The van der Waals surface area contributed by atoms with Crippen molar-refractivity contribution >= 4 is 34.8 Å². The summed E-state index contributed by atoms with van der Waals surface area (Å²) >= 11 is 0. The van der Waals surface area contributed by atoms with Crippen LogP contribution in [0.2, 0.25) is 0 Å². The highest BCUT2D eigenvalue weighted by Gasteiger charge is 2.29. The fourth-order valence-electron chi connectivity index (χ4n) is 5.13. The number of esters is 1. The number of hydrogen-bond donors (Lipinski definition) is 6. The van der Waals surface area contributed by atoms with E-state index in [1.165, 1.54) is 25.6 Å². The molecule has 1 unspecified atom stereocenters. The normalized spacial score (nSPS) is 19.8. The van der Waals surface area contributed by atoms with E-state index in [-0.39, 0.29) is 24.4 Å². The standard InChI is InChI=1S/C30H42FN9O5/c1-30(2,3)45-16-23(28(42)44-4)38-29(43)36-19-9-7-18(8-10-19)35-25-13-22(34-17-5-6-17)26-33-15-24(40(26)39-25)27(41)37-21-11-12-32-14-20(21)31/h11-15,17-19,23,27,34,41H,5-10,16H2,1-4H3,(H,32,37)(H,35,39)(H2,36,38,43)/t18?,19?,23-,27?/m0/s1. The SMILES string of the molecule is COC(=O)[C@H](COC(C)(C)C)NC(=O)NC1CCC(Nc2cc(NC3CC3)c3ncc(C(O)Nc4ccncc4F)n3n2)CC1. The van der Waals surface area contributed by atoms with Crippen molar-refractivity contribution in [3.05, 3.63) is 42.2 Å². The van der Waals surface area contributed by atoms with Crippen LogP contribution in [0.5, 0.6) is 0 Å². The van der Waals surface area contributed by atoms with Crippen molar-refractivity contribution in [1.82, 2.24) is 30.2 Å². The van der Waals surface area contributed by atoms with Crippen LogP contribution in [0.1, 0.15) is 71.2 Å². The zero-order valence-corrected chi connectivity index (χ0v) is 26.0. The van der Waals surface area contributed by atoms with Gasteiger partial charge in [0, 0.05) is 30.4 Å². The average Bonchev–Trinajstić information content (AvgIpc) is 3.71. The lowest BCUT2D eigenvalue weighted by atomic mass is 9.91. The molecule has 2 amide bonds. The Labute approximate surface area is 260 Å². The molecular formula is C30H42FN9O5. The van der Waals surface area contributed by atoms with E-state index in [0.29, 0.717) is 23.2 Å². The second-order valence-electron chi connectivity index (χ2n) is 12.5. The number of pyridine rings is 1. The average molecular weight is 628 g/mol. The van der Waals surface area contributed by atoms with Crippen molar-refractivity contribution in [3.8, 4) is 0 Å². The first-order chi connectivity index (χ1) is 21.5. The van der Waals surface area contributed by atoms with Crippen LogP contribution in [-0.4, -0.2) is 80.2 Å². The highest BCUT2D eigenvalue weighted by Crippen LogP contribution is 2.31. The van der Waals surface area contributed by atoms with Gasteiger partial charge in [-0.2, -0.15) is 0 Å². The van der Waals surface area contributed by atoms with Gasteiger partial charge in [-0.1, -0.05) is 0 Å². The number of rotatable bonds is 12. The summed E-state index contributed by atoms with van der Waals surface area (Å²) in [6, 6.07) is 2.36. The van der Waals surface area contributed by atoms with E-state index >= 15 is 0 Å². The van der Waals surface area contributed by atoms with Crippen LogP contribution in [0.25, 0.3) is 5.65 Å². The van der Waals surface area contributed by atoms with Crippen molar-refractivity contribution < 1.29 is 28.6 Å². The summed E-state index contributed by atoms with van der Waals surface area (Å²) in [6.45, 7) is 5.61. The van der Waals surface area contributed by atoms with E-state index in [4.69, 9.17) is 14.6 Å². The second-order valence-corrected chi connectivity index (χ2v) is 12.5. The molecule has 45 heavy (non-hydrogen) atoms. The number of imidazole rings is 1. The molecule has 3 aromatic rings. The summed E-state index contributed by atoms with van der Waals surface area (Å²) in [5, 5.41) is 31.1. The molecule has 2 aliphatic rings. The van der Waals surface area contributed by atoms with Crippen LogP contribution in [0.15, 0.2) is 30.7 Å². The number of carbonyl (C=O) groups is 2. The first-order valence-electron chi connectivity index (χ1n) is 15.2. The molecule has 14 nitrogen and oxygen atoms in total. The Balaban J connectivity index is 1.21. The van der Waals surface area contributed by atoms with Crippen LogP contribution in [0, 0.1) is 5.82 Å². The maximum atomic E-state index is 14.2. The minimum absolute atomic E-state index is 0.00152. The molecule has 0 aromatic carbocycles. The number of anilines is 3. The largest absolute Gasteiger partial charge is 0.467 e. The van der Waals surface area contributed by atoms with Gasteiger partial charge in [0.1, 0.15) is 11.5 Å². The molecule has 0 spiro atoms. The first-order valence-corrected chi connectivity index (χ1v) is 15.2. The monoisotopic (exact) mass is 627 g/mol. The summed E-state index contributed by atoms with van der Waals surface area (Å²) in [5.41, 5.74) is 1.32. The van der Waals surface area contributed by atoms with E-state index < -0.39 is 35.7 Å². The molecule has 2 saturated carbocycles. The molecule has 0 saturated heterocycles. The summed E-state index contributed by atoms with van der Waals surface area (Å²) < 4.78 is 26.2. The molecule has 2 fully saturated rings. The fraction of sp³-hybridized carbons (Fsp3) is 0.567. The van der Waals surface area contributed by atoms with Gasteiger partial charge in [-0.3, -0.25) is 4.98 Å². The van der Waals surface area contributed by atoms with Crippen LogP contribution in [0.4, 0.5) is 26.4 Å². The van der Waals surface area contributed by atoms with E-state index in [1.807, 2.05) is 26.8 Å². The molecule has 0 bridgehead atoms. The number of hydrogen-bond acceptors (Lipinski definition) is 11. The van der Waals surface area contributed by atoms with Crippen molar-refractivity contribution in [1.29, 1.82) is 0 Å². The Morgan fingerprint density at radius 1 is 1.07 bits per heavy atom. The third-order valence-corrected chi connectivity index (χ3v) is 7.66. The number of nitrogens with zero attached hydrogens (tertiary/aromatic N) is 4. The highest BCUT2D eigenvalue weighted by atomic mass is 19.1. The van der Waals surface area contributed by atoms with Gasteiger partial charge in [-0.15, -0.1) is 5.10 Å². The highest BCUT2D eigenvalue weighted by molar-refractivity contribution is 5.83. The predicted octanol–water partition coefficient (Wildman–Crippen LogP) is 3.32. The van der Waals surface area contributed by atoms with Gasteiger partial charge in [0.2, 0.25) is 0 Å². The number of aliphatic hydroxyl groups excluding tert-OH is 1. The van der Waals surface area contributed by atoms with E-state index in [9.17, 15) is 19.1 Å². The maximum absolute atomic E-state index is 14.2. The third-order valence-electron chi connectivity index (χ3n) is 7.66. The Hall–Kier alpha value is -4.24. The zero-order chi connectivity index (χ0) is 32.1. The van der Waals surface area contributed by atoms with Crippen LogP contribution >= 0.6 is 0 Å². The van der Waals surface area contributed by atoms with E-state index in [2.05, 4.69) is 36.6 Å². The van der Waals surface area contributed by atoms with Gasteiger partial charge in [0.25, 0.3) is 0 Å². The number of carbonyl (C=O) groups excluding carboxylic acids is 2. The number of aliphatic hydroxyl groups is 1. The molecular weight excluding hydrogens is 585 g/mol. The third kappa shape index (κ3) is 8.69.